The molecular formula is Fe2MnNi. The first-order valence-electron chi connectivity index (χ1n) is 0. The Balaban J connectivity index is 0. The van der Waals surface area contributed by atoms with Crippen LogP contribution < -0.4 is 0 Å². The Morgan fingerprint density at radius 3 is 0.750 bits per heavy atom. The summed E-state index contributed by atoms with van der Waals surface area (Å²) in [5.41, 5.74) is 0. The Kier molecular flexibility index (Phi) is 181. The van der Waals surface area contributed by atoms with Crippen molar-refractivity contribution in [2.75, 3.05) is 0 Å². The SMILES string of the molecule is [Fe].[Fe].[Mn].[Ni]. The molecule has 4 heteroatoms. The average molecular weight is 225 g/mol. The summed E-state index contributed by atoms with van der Waals surface area (Å²) in [5, 5.41) is 0. The fraction of sp³-hybridized carbons (Fsp3) is 0. The zero-order valence-corrected chi connectivity index (χ0v) is 5.78. The normalized spacial score (nSPS) is 0. The maximum atomic E-state index is 0. The second-order valence-electron chi connectivity index (χ2n) is 0. The summed E-state index contributed by atoms with van der Waals surface area (Å²) in [6.07, 6.45) is 0. The van der Waals surface area contributed by atoms with Crippen LogP contribution >= 0.6 is 0 Å². The Hall–Kier alpha value is 2.05. The molecule has 0 unspecified atom stereocenters. The molecule has 0 nitrogen and oxygen atoms in total. The summed E-state index contributed by atoms with van der Waals surface area (Å²) < 4.78 is 0. The third-order valence-corrected chi connectivity index (χ3v) is 0. The predicted molar refractivity (Wildman–Crippen MR) is 0 cm³/mol. The van der Waals surface area contributed by atoms with E-state index in [1.165, 1.54) is 0 Å². The van der Waals surface area contributed by atoms with E-state index in [2.05, 4.69) is 0 Å². The third-order valence-electron chi connectivity index (χ3n) is 0. The van der Waals surface area contributed by atoms with Gasteiger partial charge in [-0.1, -0.05) is 0 Å². The Morgan fingerprint density at radius 2 is 0.750 bits per heavy atom. The van der Waals surface area contributed by atoms with Gasteiger partial charge in [0.05, 0.1) is 0 Å². The molecule has 0 atom stereocenters. The van der Waals surface area contributed by atoms with Crippen LogP contribution in [0.4, 0.5) is 0 Å². The average Bonchev–Trinajstić information content (AvgIpc) is 0. The van der Waals surface area contributed by atoms with Gasteiger partial charge < -0.3 is 0 Å². The molecule has 0 fully saturated rings. The molecule has 33 valence electrons. The molecule has 0 bridgehead atoms. The molecule has 0 saturated heterocycles. The van der Waals surface area contributed by atoms with Gasteiger partial charge in [0.1, 0.15) is 0 Å². The van der Waals surface area contributed by atoms with Crippen LogP contribution in [-0.4, -0.2) is 0 Å². The fourth-order valence-corrected chi connectivity index (χ4v) is 0. The van der Waals surface area contributed by atoms with Gasteiger partial charge in [-0.15, -0.1) is 0 Å². The topological polar surface area (TPSA) is 0 Å². The molecule has 0 N–H and O–H groups in total. The van der Waals surface area contributed by atoms with Crippen LogP contribution in [0.3, 0.4) is 0 Å². The van der Waals surface area contributed by atoms with Crippen LogP contribution in [0.2, 0.25) is 0 Å². The summed E-state index contributed by atoms with van der Waals surface area (Å²) >= 11 is 0. The zero-order valence-electron chi connectivity index (χ0n) is 1.40. The van der Waals surface area contributed by atoms with E-state index in [1.54, 1.807) is 0 Å². The molecule has 0 aliphatic heterocycles. The van der Waals surface area contributed by atoms with Crippen molar-refractivity contribution in [3.05, 3.63) is 0 Å². The van der Waals surface area contributed by atoms with Crippen LogP contribution in [-0.2, 0) is 67.7 Å². The van der Waals surface area contributed by atoms with E-state index >= 15 is 0 Å². The third kappa shape index (κ3) is 8.96. The standard InChI is InChI=1S/2Fe.Mn.Ni. The van der Waals surface area contributed by atoms with Gasteiger partial charge >= 0.3 is 0 Å². The molecule has 0 amide bonds. The maximum Gasteiger partial charge on any atom is 0 e. The van der Waals surface area contributed by atoms with Gasteiger partial charge in [0.25, 0.3) is 0 Å². The Bertz CT molecular complexity index is 6.00. The smallest absolute Gasteiger partial charge is 0 e. The van der Waals surface area contributed by atoms with Crippen molar-refractivity contribution in [2.45, 2.75) is 0 Å². The number of rotatable bonds is 0. The van der Waals surface area contributed by atoms with Crippen LogP contribution in [0.1, 0.15) is 0 Å². The summed E-state index contributed by atoms with van der Waals surface area (Å²) in [4.78, 5) is 0. The monoisotopic (exact) mass is 225 g/mol. The fourth-order valence-electron chi connectivity index (χ4n) is 0. The molecule has 0 aromatic carbocycles. The van der Waals surface area contributed by atoms with Crippen molar-refractivity contribution in [3.8, 4) is 0 Å². The van der Waals surface area contributed by atoms with Gasteiger partial charge in [0, 0.05) is 67.7 Å². The largest absolute Gasteiger partial charge is 0 e. The minimum atomic E-state index is 0. The van der Waals surface area contributed by atoms with E-state index in [-0.39, 0.29) is 67.7 Å². The second kappa shape index (κ2) is 19.7. The summed E-state index contributed by atoms with van der Waals surface area (Å²) in [6, 6.07) is 0. The van der Waals surface area contributed by atoms with E-state index in [4.69, 9.17) is 0 Å². The van der Waals surface area contributed by atoms with Gasteiger partial charge in [-0.3, -0.25) is 0 Å². The van der Waals surface area contributed by atoms with Crippen LogP contribution in [0.5, 0.6) is 0 Å². The first kappa shape index (κ1) is 36.7. The van der Waals surface area contributed by atoms with Crippen molar-refractivity contribution < 1.29 is 67.7 Å². The molecule has 1 radical (unpaired) electrons. The first-order chi connectivity index (χ1) is 0. The van der Waals surface area contributed by atoms with Crippen molar-refractivity contribution in [3.63, 3.8) is 0 Å². The van der Waals surface area contributed by atoms with Crippen molar-refractivity contribution in [1.82, 2.24) is 0 Å². The molecule has 0 rings (SSSR count). The second-order valence-corrected chi connectivity index (χ2v) is 0. The zero-order chi connectivity index (χ0) is 0. The predicted octanol–water partition coefficient (Wildman–Crippen LogP) is -0.0100. The molecule has 0 aromatic rings. The van der Waals surface area contributed by atoms with Gasteiger partial charge in [0.2, 0.25) is 0 Å². The van der Waals surface area contributed by atoms with E-state index in [0.717, 1.165) is 0 Å². The van der Waals surface area contributed by atoms with E-state index in [1.807, 2.05) is 0 Å². The summed E-state index contributed by atoms with van der Waals surface area (Å²) in [6.45, 7) is 0. The quantitative estimate of drug-likeness (QED) is 0.509. The van der Waals surface area contributed by atoms with E-state index in [0.29, 0.717) is 0 Å². The Morgan fingerprint density at radius 1 is 0.750 bits per heavy atom. The van der Waals surface area contributed by atoms with E-state index in [9.17, 15) is 0 Å². The molecule has 4 heavy (non-hydrogen) atoms. The molecule has 0 aliphatic rings. The van der Waals surface area contributed by atoms with E-state index < -0.39 is 0 Å². The molecule has 0 aromatic heterocycles. The number of hydrogen-bond acceptors (Lipinski definition) is 0. The molecular weight excluding hydrogens is 225 g/mol. The number of hydrogen-bond donors (Lipinski definition) is 0. The first-order valence-corrected chi connectivity index (χ1v) is 0. The Labute approximate surface area is 67.2 Å². The molecule has 0 heterocycles. The minimum Gasteiger partial charge on any atom is 0 e. The summed E-state index contributed by atoms with van der Waals surface area (Å²) in [5.74, 6) is 0. The van der Waals surface area contributed by atoms with Crippen molar-refractivity contribution >= 4 is 0 Å². The maximum absolute atomic E-state index is 0. The van der Waals surface area contributed by atoms with Crippen molar-refractivity contribution in [2.24, 2.45) is 0 Å². The van der Waals surface area contributed by atoms with Gasteiger partial charge in [-0.05, 0) is 0 Å². The van der Waals surface area contributed by atoms with Crippen LogP contribution in [0.25, 0.3) is 0 Å². The van der Waals surface area contributed by atoms with Crippen molar-refractivity contribution in [1.29, 1.82) is 0 Å². The molecule has 0 aliphatic carbocycles. The van der Waals surface area contributed by atoms with Gasteiger partial charge in [0.15, 0.2) is 0 Å². The van der Waals surface area contributed by atoms with Gasteiger partial charge in [-0.2, -0.15) is 0 Å². The molecule has 0 spiro atoms. The van der Waals surface area contributed by atoms with Gasteiger partial charge in [-0.25, -0.2) is 0 Å². The summed E-state index contributed by atoms with van der Waals surface area (Å²) in [7, 11) is 0. The van der Waals surface area contributed by atoms with Crippen LogP contribution in [0.15, 0.2) is 0 Å². The van der Waals surface area contributed by atoms with Crippen LogP contribution in [0, 0.1) is 0 Å². The molecule has 0 saturated carbocycles. The minimum absolute atomic E-state index is 0.